The number of rotatable bonds is 7. The molecule has 0 aliphatic carbocycles. The quantitative estimate of drug-likeness (QED) is 0.681. The normalized spacial score (nSPS) is 11.3. The zero-order chi connectivity index (χ0) is 15.1. The second-order valence-electron chi connectivity index (χ2n) is 4.26. The van der Waals surface area contributed by atoms with E-state index in [4.69, 9.17) is 13.6 Å². The average molecular weight is 306 g/mol. The van der Waals surface area contributed by atoms with Gasteiger partial charge in [-0.05, 0) is 37.1 Å². The zero-order valence-electron chi connectivity index (χ0n) is 12.2. The van der Waals surface area contributed by atoms with Crippen molar-refractivity contribution in [1.29, 1.82) is 0 Å². The number of hydrogen-bond donors (Lipinski definition) is 0. The number of benzene rings is 2. The molecule has 2 aromatic carbocycles. The highest BCUT2D eigenvalue weighted by Crippen LogP contribution is 2.49. The van der Waals surface area contributed by atoms with Crippen molar-refractivity contribution in [3.05, 3.63) is 54.6 Å². The Morgan fingerprint density at radius 3 is 1.86 bits per heavy atom. The molecule has 0 atom stereocenters. The molecular weight excluding hydrogens is 287 g/mol. The summed E-state index contributed by atoms with van der Waals surface area (Å²) in [5.41, 5.74) is 2.17. The van der Waals surface area contributed by atoms with E-state index in [1.54, 1.807) is 26.0 Å². The third kappa shape index (κ3) is 4.43. The molecule has 0 spiro atoms. The molecule has 2 rings (SSSR count). The van der Waals surface area contributed by atoms with Crippen LogP contribution in [0.25, 0.3) is 11.1 Å². The fourth-order valence-corrected chi connectivity index (χ4v) is 3.07. The summed E-state index contributed by atoms with van der Waals surface area (Å²) in [7, 11) is -3.53. The molecule has 112 valence electrons. The van der Waals surface area contributed by atoms with E-state index in [1.807, 2.05) is 42.5 Å². The highest BCUT2D eigenvalue weighted by atomic mass is 31.2. The second-order valence-corrected chi connectivity index (χ2v) is 5.86. The summed E-state index contributed by atoms with van der Waals surface area (Å²) in [6, 6.07) is 17.3. The number of hydrogen-bond acceptors (Lipinski definition) is 4. The molecule has 21 heavy (non-hydrogen) atoms. The minimum absolute atomic E-state index is 0.263. The molecule has 0 radical (unpaired) electrons. The van der Waals surface area contributed by atoms with Gasteiger partial charge in [-0.2, -0.15) is 0 Å². The summed E-state index contributed by atoms with van der Waals surface area (Å²) >= 11 is 0. The number of phosphoric acid groups is 1. The van der Waals surface area contributed by atoms with E-state index >= 15 is 0 Å². The third-order valence-electron chi connectivity index (χ3n) is 2.75. The number of phosphoric ester groups is 1. The molecule has 4 nitrogen and oxygen atoms in total. The lowest BCUT2D eigenvalue weighted by Crippen LogP contribution is -2.02. The maximum absolute atomic E-state index is 12.3. The van der Waals surface area contributed by atoms with Gasteiger partial charge in [-0.15, -0.1) is 0 Å². The first-order valence-electron chi connectivity index (χ1n) is 6.91. The lowest BCUT2D eigenvalue weighted by atomic mass is 10.1. The predicted octanol–water partition coefficient (Wildman–Crippen LogP) is 4.91. The Kier molecular flexibility index (Phi) is 5.57. The average Bonchev–Trinajstić information content (AvgIpc) is 2.49. The van der Waals surface area contributed by atoms with Crippen LogP contribution in [0, 0.1) is 0 Å². The molecule has 0 N–H and O–H groups in total. The molecule has 0 unspecified atom stereocenters. The lowest BCUT2D eigenvalue weighted by molar-refractivity contribution is 0.167. The van der Waals surface area contributed by atoms with Crippen LogP contribution in [0.5, 0.6) is 5.75 Å². The Hall–Kier alpha value is -1.61. The van der Waals surface area contributed by atoms with Crippen LogP contribution in [-0.2, 0) is 13.6 Å². The summed E-state index contributed by atoms with van der Waals surface area (Å²) in [6.07, 6.45) is 0. The summed E-state index contributed by atoms with van der Waals surface area (Å²) in [5, 5.41) is 0. The Balaban J connectivity index is 2.13. The summed E-state index contributed by atoms with van der Waals surface area (Å²) in [4.78, 5) is 0. The van der Waals surface area contributed by atoms with Crippen molar-refractivity contribution in [3.8, 4) is 16.9 Å². The molecule has 0 aromatic heterocycles. The Bertz CT molecular complexity index is 585. The van der Waals surface area contributed by atoms with Crippen molar-refractivity contribution in [2.45, 2.75) is 13.8 Å². The summed E-state index contributed by atoms with van der Waals surface area (Å²) in [5.74, 6) is 0.458. The van der Waals surface area contributed by atoms with Gasteiger partial charge in [0, 0.05) is 0 Å². The summed E-state index contributed by atoms with van der Waals surface area (Å²) in [6.45, 7) is 4.01. The van der Waals surface area contributed by atoms with Crippen molar-refractivity contribution in [1.82, 2.24) is 0 Å². The maximum atomic E-state index is 12.3. The van der Waals surface area contributed by atoms with Gasteiger partial charge >= 0.3 is 7.82 Å². The topological polar surface area (TPSA) is 44.8 Å². The molecule has 0 fully saturated rings. The van der Waals surface area contributed by atoms with Crippen molar-refractivity contribution in [2.75, 3.05) is 13.2 Å². The first-order valence-corrected chi connectivity index (χ1v) is 8.37. The van der Waals surface area contributed by atoms with Crippen LogP contribution < -0.4 is 4.52 Å². The van der Waals surface area contributed by atoms with Crippen molar-refractivity contribution >= 4 is 7.82 Å². The molecule has 5 heteroatoms. The minimum atomic E-state index is -3.53. The molecule has 0 amide bonds. The van der Waals surface area contributed by atoms with Gasteiger partial charge in [0.2, 0.25) is 0 Å². The first kappa shape index (κ1) is 15.8. The largest absolute Gasteiger partial charge is 0.530 e. The van der Waals surface area contributed by atoms with E-state index in [2.05, 4.69) is 0 Å². The van der Waals surface area contributed by atoms with E-state index in [9.17, 15) is 4.57 Å². The van der Waals surface area contributed by atoms with E-state index in [-0.39, 0.29) is 13.2 Å². The maximum Gasteiger partial charge on any atom is 0.530 e. The van der Waals surface area contributed by atoms with Crippen LogP contribution in [-0.4, -0.2) is 13.2 Å². The molecule has 0 aliphatic heterocycles. The van der Waals surface area contributed by atoms with Crippen molar-refractivity contribution in [2.24, 2.45) is 0 Å². The highest BCUT2D eigenvalue weighted by molar-refractivity contribution is 7.48. The molecule has 2 aromatic rings. The van der Waals surface area contributed by atoms with E-state index in [0.29, 0.717) is 5.75 Å². The predicted molar refractivity (Wildman–Crippen MR) is 83.4 cm³/mol. The zero-order valence-corrected chi connectivity index (χ0v) is 13.1. The third-order valence-corrected chi connectivity index (χ3v) is 4.34. The summed E-state index contributed by atoms with van der Waals surface area (Å²) < 4.78 is 27.9. The fraction of sp³-hybridized carbons (Fsp3) is 0.250. The molecule has 0 heterocycles. The van der Waals surface area contributed by atoms with Crippen molar-refractivity contribution < 1.29 is 18.1 Å². The Morgan fingerprint density at radius 1 is 0.810 bits per heavy atom. The molecular formula is C16H19O4P. The van der Waals surface area contributed by atoms with E-state index in [1.165, 1.54) is 0 Å². The van der Waals surface area contributed by atoms with Crippen LogP contribution >= 0.6 is 7.82 Å². The minimum Gasteiger partial charge on any atom is -0.404 e. The highest BCUT2D eigenvalue weighted by Gasteiger charge is 2.27. The van der Waals surface area contributed by atoms with Gasteiger partial charge in [-0.3, -0.25) is 9.05 Å². The van der Waals surface area contributed by atoms with Gasteiger partial charge in [-0.1, -0.05) is 42.5 Å². The van der Waals surface area contributed by atoms with Crippen LogP contribution in [0.3, 0.4) is 0 Å². The Morgan fingerprint density at radius 2 is 1.33 bits per heavy atom. The van der Waals surface area contributed by atoms with Gasteiger partial charge in [0.1, 0.15) is 5.75 Å². The van der Waals surface area contributed by atoms with Gasteiger partial charge < -0.3 is 4.52 Å². The molecule has 0 bridgehead atoms. The molecule has 0 aliphatic rings. The first-order chi connectivity index (χ1) is 10.2. The molecule has 0 saturated carbocycles. The monoisotopic (exact) mass is 306 g/mol. The standard InChI is InChI=1S/C16H19O4P/c1-3-18-21(17,19-4-2)20-16-12-10-15(11-13-16)14-8-6-5-7-9-14/h5-13H,3-4H2,1-2H3. The van der Waals surface area contributed by atoms with Gasteiger partial charge in [0.15, 0.2) is 0 Å². The Labute approximate surface area is 125 Å². The second kappa shape index (κ2) is 7.41. The van der Waals surface area contributed by atoms with Gasteiger partial charge in [-0.25, -0.2) is 4.57 Å². The van der Waals surface area contributed by atoms with E-state index < -0.39 is 7.82 Å². The van der Waals surface area contributed by atoms with Crippen molar-refractivity contribution in [3.63, 3.8) is 0 Å². The smallest absolute Gasteiger partial charge is 0.404 e. The van der Waals surface area contributed by atoms with Gasteiger partial charge in [0.25, 0.3) is 0 Å². The molecule has 0 saturated heterocycles. The fourth-order valence-electron chi connectivity index (χ4n) is 1.87. The van der Waals surface area contributed by atoms with Crippen LogP contribution in [0.15, 0.2) is 54.6 Å². The van der Waals surface area contributed by atoms with Crippen LogP contribution in [0.4, 0.5) is 0 Å². The SMILES string of the molecule is CCOP(=O)(OCC)Oc1ccc(-c2ccccc2)cc1. The van der Waals surface area contributed by atoms with Gasteiger partial charge in [0.05, 0.1) is 13.2 Å². The van der Waals surface area contributed by atoms with Crippen LogP contribution in [0.2, 0.25) is 0 Å². The lowest BCUT2D eigenvalue weighted by Gasteiger charge is -2.17. The van der Waals surface area contributed by atoms with E-state index in [0.717, 1.165) is 11.1 Å². The van der Waals surface area contributed by atoms with Crippen LogP contribution in [0.1, 0.15) is 13.8 Å².